The standard InChI is InChI=1S/C12H15NO3/c1-7-6-10(9(3)16-7)8(2)13-5-4-11(14)12(13)15/h6,8H,4-5H2,1-3H3. The van der Waals surface area contributed by atoms with E-state index in [-0.39, 0.29) is 17.7 Å². The van der Waals surface area contributed by atoms with E-state index in [9.17, 15) is 9.59 Å². The van der Waals surface area contributed by atoms with Gasteiger partial charge in [-0.05, 0) is 26.8 Å². The van der Waals surface area contributed by atoms with E-state index >= 15 is 0 Å². The molecule has 1 aliphatic rings. The summed E-state index contributed by atoms with van der Waals surface area (Å²) in [6.07, 6.45) is 0.332. The number of nitrogens with zero attached hydrogens (tertiary/aromatic N) is 1. The molecule has 1 amide bonds. The SMILES string of the molecule is Cc1cc(C(C)N2CCC(=O)C2=O)c(C)o1. The average molecular weight is 221 g/mol. The molecule has 1 fully saturated rings. The third-order valence-electron chi connectivity index (χ3n) is 3.08. The molecule has 0 aromatic carbocycles. The predicted molar refractivity (Wildman–Crippen MR) is 57.9 cm³/mol. The van der Waals surface area contributed by atoms with Crippen molar-refractivity contribution in [1.29, 1.82) is 0 Å². The summed E-state index contributed by atoms with van der Waals surface area (Å²) >= 11 is 0. The smallest absolute Gasteiger partial charge is 0.290 e. The highest BCUT2D eigenvalue weighted by Gasteiger charge is 2.34. The highest BCUT2D eigenvalue weighted by molar-refractivity contribution is 6.37. The van der Waals surface area contributed by atoms with Crippen LogP contribution in [0.5, 0.6) is 0 Å². The van der Waals surface area contributed by atoms with Gasteiger partial charge in [0.2, 0.25) is 5.78 Å². The maximum atomic E-state index is 11.6. The van der Waals surface area contributed by atoms with E-state index in [1.165, 1.54) is 0 Å². The summed E-state index contributed by atoms with van der Waals surface area (Å²) in [6.45, 7) is 6.19. The summed E-state index contributed by atoms with van der Waals surface area (Å²) < 4.78 is 5.43. The van der Waals surface area contributed by atoms with E-state index in [0.717, 1.165) is 17.1 Å². The van der Waals surface area contributed by atoms with E-state index in [1.54, 1.807) is 4.90 Å². The van der Waals surface area contributed by atoms with Crippen molar-refractivity contribution in [3.63, 3.8) is 0 Å². The van der Waals surface area contributed by atoms with Crippen molar-refractivity contribution in [3.8, 4) is 0 Å². The maximum Gasteiger partial charge on any atom is 0.290 e. The van der Waals surface area contributed by atoms with Crippen molar-refractivity contribution in [2.75, 3.05) is 6.54 Å². The van der Waals surface area contributed by atoms with E-state index in [1.807, 2.05) is 26.8 Å². The van der Waals surface area contributed by atoms with Gasteiger partial charge in [0.15, 0.2) is 0 Å². The molecule has 2 rings (SSSR count). The Bertz CT molecular complexity index is 447. The lowest BCUT2D eigenvalue weighted by Crippen LogP contribution is -2.30. The number of likely N-dealkylation sites (tertiary alicyclic amines) is 1. The molecule has 0 spiro atoms. The van der Waals surface area contributed by atoms with Crippen molar-refractivity contribution < 1.29 is 14.0 Å². The van der Waals surface area contributed by atoms with Crippen LogP contribution in [0, 0.1) is 13.8 Å². The van der Waals surface area contributed by atoms with Crippen molar-refractivity contribution in [3.05, 3.63) is 23.2 Å². The number of ketones is 1. The monoisotopic (exact) mass is 221 g/mol. The summed E-state index contributed by atoms with van der Waals surface area (Å²) in [5.41, 5.74) is 0.987. The largest absolute Gasteiger partial charge is 0.466 e. The zero-order chi connectivity index (χ0) is 11.9. The lowest BCUT2D eigenvalue weighted by atomic mass is 10.1. The van der Waals surface area contributed by atoms with Crippen LogP contribution in [-0.4, -0.2) is 23.1 Å². The highest BCUT2D eigenvalue weighted by atomic mass is 16.3. The zero-order valence-corrected chi connectivity index (χ0v) is 9.74. The summed E-state index contributed by atoms with van der Waals surface area (Å²) in [7, 11) is 0. The fraction of sp³-hybridized carbons (Fsp3) is 0.500. The minimum absolute atomic E-state index is 0.0867. The van der Waals surface area contributed by atoms with Crippen molar-refractivity contribution in [2.45, 2.75) is 33.2 Å². The summed E-state index contributed by atoms with van der Waals surface area (Å²) in [6, 6.07) is 1.84. The molecule has 1 aliphatic heterocycles. The Morgan fingerprint density at radius 3 is 2.50 bits per heavy atom. The number of amides is 1. The number of rotatable bonds is 2. The van der Waals surface area contributed by atoms with Gasteiger partial charge in [-0.3, -0.25) is 9.59 Å². The van der Waals surface area contributed by atoms with Gasteiger partial charge in [-0.1, -0.05) is 0 Å². The molecule has 16 heavy (non-hydrogen) atoms. The Kier molecular flexibility index (Phi) is 2.58. The van der Waals surface area contributed by atoms with Crippen molar-refractivity contribution >= 4 is 11.7 Å². The second-order valence-electron chi connectivity index (χ2n) is 4.22. The first-order valence-corrected chi connectivity index (χ1v) is 5.41. The summed E-state index contributed by atoms with van der Waals surface area (Å²) in [4.78, 5) is 24.4. The second-order valence-corrected chi connectivity index (χ2v) is 4.22. The maximum absolute atomic E-state index is 11.6. The number of carbonyl (C=O) groups excluding carboxylic acids is 2. The first-order chi connectivity index (χ1) is 7.50. The average Bonchev–Trinajstić information content (AvgIpc) is 2.71. The van der Waals surface area contributed by atoms with Crippen LogP contribution >= 0.6 is 0 Å². The predicted octanol–water partition coefficient (Wildman–Crippen LogP) is 1.76. The van der Waals surface area contributed by atoms with Crippen LogP contribution in [0.2, 0.25) is 0 Å². The van der Waals surface area contributed by atoms with Crippen molar-refractivity contribution in [1.82, 2.24) is 4.90 Å². The fourth-order valence-electron chi connectivity index (χ4n) is 2.19. The van der Waals surface area contributed by atoms with Crippen LogP contribution in [0.15, 0.2) is 10.5 Å². The van der Waals surface area contributed by atoms with Gasteiger partial charge in [0, 0.05) is 18.5 Å². The van der Waals surface area contributed by atoms with Gasteiger partial charge in [0.25, 0.3) is 5.91 Å². The van der Waals surface area contributed by atoms with Crippen molar-refractivity contribution in [2.24, 2.45) is 0 Å². The van der Waals surface area contributed by atoms with Crippen LogP contribution in [0.25, 0.3) is 0 Å². The molecule has 4 heteroatoms. The van der Waals surface area contributed by atoms with Crippen LogP contribution in [0.1, 0.15) is 36.5 Å². The minimum atomic E-state index is -0.370. The second kappa shape index (κ2) is 3.77. The molecule has 4 nitrogen and oxygen atoms in total. The van der Waals surface area contributed by atoms with Crippen LogP contribution in [0.3, 0.4) is 0 Å². The van der Waals surface area contributed by atoms with Gasteiger partial charge in [0.05, 0.1) is 6.04 Å². The molecule has 0 saturated carbocycles. The zero-order valence-electron chi connectivity index (χ0n) is 9.74. The first kappa shape index (κ1) is 10.9. The first-order valence-electron chi connectivity index (χ1n) is 5.41. The molecule has 0 bridgehead atoms. The normalized spacial score (nSPS) is 18.3. The fourth-order valence-corrected chi connectivity index (χ4v) is 2.19. The Labute approximate surface area is 94.2 Å². The Balaban J connectivity index is 2.26. The van der Waals surface area contributed by atoms with E-state index in [2.05, 4.69) is 0 Å². The number of aryl methyl sites for hydroxylation is 2. The third-order valence-corrected chi connectivity index (χ3v) is 3.08. The number of Topliss-reactive ketones (excluding diaryl/α,β-unsaturated/α-hetero) is 1. The lowest BCUT2D eigenvalue weighted by molar-refractivity contribution is -0.141. The molecule has 1 unspecified atom stereocenters. The number of carbonyl (C=O) groups is 2. The van der Waals surface area contributed by atoms with Crippen LogP contribution in [-0.2, 0) is 9.59 Å². The quantitative estimate of drug-likeness (QED) is 0.715. The van der Waals surface area contributed by atoms with Crippen LogP contribution in [0.4, 0.5) is 0 Å². The van der Waals surface area contributed by atoms with Gasteiger partial charge in [-0.25, -0.2) is 0 Å². The molecule has 1 saturated heterocycles. The van der Waals surface area contributed by atoms with E-state index in [0.29, 0.717) is 13.0 Å². The summed E-state index contributed by atoms with van der Waals surface area (Å²) in [5.74, 6) is 0.991. The number of hydrogen-bond acceptors (Lipinski definition) is 3. The molecule has 0 aliphatic carbocycles. The number of furan rings is 1. The van der Waals surface area contributed by atoms with E-state index in [4.69, 9.17) is 4.42 Å². The third kappa shape index (κ3) is 1.64. The summed E-state index contributed by atoms with van der Waals surface area (Å²) in [5, 5.41) is 0. The van der Waals surface area contributed by atoms with E-state index < -0.39 is 0 Å². The van der Waals surface area contributed by atoms with Gasteiger partial charge in [-0.15, -0.1) is 0 Å². The Morgan fingerprint density at radius 1 is 1.38 bits per heavy atom. The molecule has 1 atom stereocenters. The number of hydrogen-bond donors (Lipinski definition) is 0. The molecular weight excluding hydrogens is 206 g/mol. The van der Waals surface area contributed by atoms with Gasteiger partial charge >= 0.3 is 0 Å². The van der Waals surface area contributed by atoms with Gasteiger partial charge in [-0.2, -0.15) is 0 Å². The molecule has 0 N–H and O–H groups in total. The molecule has 1 aromatic heterocycles. The highest BCUT2D eigenvalue weighted by Crippen LogP contribution is 2.28. The topological polar surface area (TPSA) is 50.5 Å². The van der Waals surface area contributed by atoms with Crippen LogP contribution < -0.4 is 0 Å². The molecule has 0 radical (unpaired) electrons. The molecule has 1 aromatic rings. The minimum Gasteiger partial charge on any atom is -0.466 e. The van der Waals surface area contributed by atoms with Gasteiger partial charge < -0.3 is 9.32 Å². The molecule has 2 heterocycles. The Morgan fingerprint density at radius 2 is 2.06 bits per heavy atom. The molecular formula is C12H15NO3. The molecule has 86 valence electrons. The Hall–Kier alpha value is -1.58. The lowest BCUT2D eigenvalue weighted by Gasteiger charge is -2.22. The van der Waals surface area contributed by atoms with Gasteiger partial charge in [0.1, 0.15) is 11.5 Å².